The summed E-state index contributed by atoms with van der Waals surface area (Å²) in [5.41, 5.74) is 3.82. The van der Waals surface area contributed by atoms with Crippen molar-refractivity contribution in [3.8, 4) is 22.8 Å². The van der Waals surface area contributed by atoms with Crippen molar-refractivity contribution in [1.29, 1.82) is 0 Å². The van der Waals surface area contributed by atoms with Crippen LogP contribution in [0.4, 0.5) is 5.13 Å². The van der Waals surface area contributed by atoms with Gasteiger partial charge in [-0.15, -0.1) is 11.3 Å². The van der Waals surface area contributed by atoms with E-state index < -0.39 is 0 Å². The highest BCUT2D eigenvalue weighted by Gasteiger charge is 2.16. The Kier molecular flexibility index (Phi) is 4.02. The van der Waals surface area contributed by atoms with E-state index in [2.05, 4.69) is 22.4 Å². The fourth-order valence-electron chi connectivity index (χ4n) is 3.38. The molecular weight excluding hydrogens is 374 g/mol. The normalized spacial score (nSPS) is 12.5. The lowest BCUT2D eigenvalue weighted by Gasteiger charge is -2.07. The number of nitrogens with one attached hydrogen (secondary N) is 1. The smallest absolute Gasteiger partial charge is 0.246 e. The van der Waals surface area contributed by atoms with Crippen molar-refractivity contribution in [1.82, 2.24) is 9.55 Å². The van der Waals surface area contributed by atoms with Crippen molar-refractivity contribution >= 4 is 33.3 Å². The molecule has 28 heavy (non-hydrogen) atoms. The Labute approximate surface area is 165 Å². The number of para-hydroxylation sites is 1. The Balaban J connectivity index is 1.33. The van der Waals surface area contributed by atoms with Crippen molar-refractivity contribution in [3.63, 3.8) is 0 Å². The molecule has 7 heteroatoms. The van der Waals surface area contributed by atoms with Crippen molar-refractivity contribution in [3.05, 3.63) is 59.6 Å². The molecule has 0 unspecified atom stereocenters. The van der Waals surface area contributed by atoms with Crippen LogP contribution in [0.2, 0.25) is 0 Å². The van der Waals surface area contributed by atoms with E-state index in [4.69, 9.17) is 9.47 Å². The van der Waals surface area contributed by atoms with Gasteiger partial charge in [-0.3, -0.25) is 4.79 Å². The number of ether oxygens (including phenoxy) is 2. The van der Waals surface area contributed by atoms with Crippen LogP contribution in [0.15, 0.2) is 53.9 Å². The molecule has 0 saturated heterocycles. The Bertz CT molecular complexity index is 1190. The minimum Gasteiger partial charge on any atom is -0.454 e. The second-order valence-electron chi connectivity index (χ2n) is 6.58. The molecule has 0 radical (unpaired) electrons. The standard InChI is InChI=1S/C21H17N3O3S/c1-13-8-15-4-2-3-5-17(15)24(13)10-20(25)23-21-22-16(11-28-21)14-6-7-18-19(9-14)27-12-26-18/h2-9,11H,10,12H2,1H3,(H,22,23,25). The lowest BCUT2D eigenvalue weighted by molar-refractivity contribution is -0.116. The van der Waals surface area contributed by atoms with Crippen LogP contribution in [0, 0.1) is 6.92 Å². The number of carbonyl (C=O) groups excluding carboxylic acids is 1. The second-order valence-corrected chi connectivity index (χ2v) is 7.44. The zero-order chi connectivity index (χ0) is 19.1. The largest absolute Gasteiger partial charge is 0.454 e. The molecule has 2 aromatic carbocycles. The van der Waals surface area contributed by atoms with E-state index in [9.17, 15) is 4.79 Å². The quantitative estimate of drug-likeness (QED) is 0.559. The average molecular weight is 391 g/mol. The highest BCUT2D eigenvalue weighted by molar-refractivity contribution is 7.14. The number of hydrogen-bond acceptors (Lipinski definition) is 5. The molecule has 3 heterocycles. The van der Waals surface area contributed by atoms with E-state index in [0.717, 1.165) is 33.6 Å². The Morgan fingerprint density at radius 3 is 2.96 bits per heavy atom. The summed E-state index contributed by atoms with van der Waals surface area (Å²) in [6, 6.07) is 15.8. The zero-order valence-electron chi connectivity index (χ0n) is 15.1. The van der Waals surface area contributed by atoms with E-state index in [-0.39, 0.29) is 19.2 Å². The molecule has 1 aliphatic rings. The van der Waals surface area contributed by atoms with Gasteiger partial charge in [-0.1, -0.05) is 18.2 Å². The summed E-state index contributed by atoms with van der Waals surface area (Å²) < 4.78 is 12.8. The number of amides is 1. The van der Waals surface area contributed by atoms with E-state index in [1.165, 1.54) is 11.3 Å². The fourth-order valence-corrected chi connectivity index (χ4v) is 4.12. The third-order valence-corrected chi connectivity index (χ3v) is 5.50. The van der Waals surface area contributed by atoms with Gasteiger partial charge in [0.05, 0.1) is 5.69 Å². The first-order valence-corrected chi connectivity index (χ1v) is 9.75. The van der Waals surface area contributed by atoms with Gasteiger partial charge in [-0.25, -0.2) is 4.98 Å². The first-order valence-electron chi connectivity index (χ1n) is 8.88. The van der Waals surface area contributed by atoms with Crippen molar-refractivity contribution in [2.45, 2.75) is 13.5 Å². The summed E-state index contributed by atoms with van der Waals surface area (Å²) in [7, 11) is 0. The minimum absolute atomic E-state index is 0.101. The maximum absolute atomic E-state index is 12.6. The molecule has 5 rings (SSSR count). The Morgan fingerprint density at radius 2 is 2.04 bits per heavy atom. The van der Waals surface area contributed by atoms with Crippen LogP contribution in [0.5, 0.6) is 11.5 Å². The van der Waals surface area contributed by atoms with Gasteiger partial charge < -0.3 is 19.4 Å². The number of fused-ring (bicyclic) bond motifs is 2. The van der Waals surface area contributed by atoms with E-state index >= 15 is 0 Å². The Morgan fingerprint density at radius 1 is 1.18 bits per heavy atom. The predicted molar refractivity (Wildman–Crippen MR) is 109 cm³/mol. The summed E-state index contributed by atoms with van der Waals surface area (Å²) in [5.74, 6) is 1.35. The summed E-state index contributed by atoms with van der Waals surface area (Å²) >= 11 is 1.40. The van der Waals surface area contributed by atoms with Gasteiger partial charge in [0.1, 0.15) is 6.54 Å². The summed E-state index contributed by atoms with van der Waals surface area (Å²) in [6.45, 7) is 2.50. The molecule has 6 nitrogen and oxygen atoms in total. The van der Waals surface area contributed by atoms with Gasteiger partial charge in [0.25, 0.3) is 0 Å². The number of carbonyl (C=O) groups is 1. The summed E-state index contributed by atoms with van der Waals surface area (Å²) in [4.78, 5) is 17.1. The van der Waals surface area contributed by atoms with Gasteiger partial charge in [0.15, 0.2) is 16.6 Å². The van der Waals surface area contributed by atoms with Gasteiger partial charge >= 0.3 is 0 Å². The van der Waals surface area contributed by atoms with Crippen LogP contribution in [0.25, 0.3) is 22.2 Å². The maximum atomic E-state index is 12.6. The number of aryl methyl sites for hydroxylation is 1. The number of rotatable bonds is 4. The number of nitrogens with zero attached hydrogens (tertiary/aromatic N) is 2. The van der Waals surface area contributed by atoms with Crippen LogP contribution in [-0.4, -0.2) is 22.3 Å². The fraction of sp³-hybridized carbons (Fsp3) is 0.143. The van der Waals surface area contributed by atoms with Gasteiger partial charge in [-0.05, 0) is 42.6 Å². The number of thiazole rings is 1. The molecule has 1 N–H and O–H groups in total. The molecule has 0 fully saturated rings. The molecule has 0 spiro atoms. The Hall–Kier alpha value is -3.32. The number of benzene rings is 2. The van der Waals surface area contributed by atoms with Gasteiger partial charge in [0.2, 0.25) is 12.7 Å². The van der Waals surface area contributed by atoms with E-state index in [1.54, 1.807) is 0 Å². The minimum atomic E-state index is -0.101. The monoisotopic (exact) mass is 391 g/mol. The van der Waals surface area contributed by atoms with Crippen LogP contribution in [0.3, 0.4) is 0 Å². The van der Waals surface area contributed by atoms with Crippen LogP contribution < -0.4 is 14.8 Å². The molecule has 0 saturated carbocycles. The van der Waals surface area contributed by atoms with Crippen molar-refractivity contribution in [2.75, 3.05) is 12.1 Å². The van der Waals surface area contributed by atoms with Gasteiger partial charge in [-0.2, -0.15) is 0 Å². The topological polar surface area (TPSA) is 65.4 Å². The lowest BCUT2D eigenvalue weighted by Crippen LogP contribution is -2.19. The van der Waals surface area contributed by atoms with Crippen LogP contribution in [-0.2, 0) is 11.3 Å². The molecule has 1 aliphatic heterocycles. The van der Waals surface area contributed by atoms with Crippen molar-refractivity contribution < 1.29 is 14.3 Å². The van der Waals surface area contributed by atoms with Gasteiger partial charge in [0, 0.05) is 22.2 Å². The summed E-state index contributed by atoms with van der Waals surface area (Å²) in [6.07, 6.45) is 0. The number of aromatic nitrogens is 2. The molecule has 0 atom stereocenters. The second kappa shape index (κ2) is 6.69. The third kappa shape index (κ3) is 2.99. The van der Waals surface area contributed by atoms with Crippen LogP contribution in [0.1, 0.15) is 5.69 Å². The predicted octanol–water partition coefficient (Wildman–Crippen LogP) is 4.44. The molecule has 1 amide bonds. The highest BCUT2D eigenvalue weighted by atomic mass is 32.1. The van der Waals surface area contributed by atoms with E-state index in [1.807, 2.05) is 53.3 Å². The van der Waals surface area contributed by atoms with E-state index in [0.29, 0.717) is 10.9 Å². The first-order chi connectivity index (χ1) is 13.7. The maximum Gasteiger partial charge on any atom is 0.246 e. The van der Waals surface area contributed by atoms with Crippen molar-refractivity contribution in [2.24, 2.45) is 0 Å². The molecule has 0 aliphatic carbocycles. The number of anilines is 1. The van der Waals surface area contributed by atoms with Crippen LogP contribution >= 0.6 is 11.3 Å². The number of hydrogen-bond donors (Lipinski definition) is 1. The summed E-state index contributed by atoms with van der Waals surface area (Å²) in [5, 5.41) is 6.53. The first kappa shape index (κ1) is 16.8. The molecule has 140 valence electrons. The highest BCUT2D eigenvalue weighted by Crippen LogP contribution is 2.36. The zero-order valence-corrected chi connectivity index (χ0v) is 16.0. The lowest BCUT2D eigenvalue weighted by atomic mass is 10.1. The molecule has 0 bridgehead atoms. The average Bonchev–Trinajstić information content (AvgIpc) is 3.41. The SMILES string of the molecule is Cc1cc2ccccc2n1CC(=O)Nc1nc(-c2ccc3c(c2)OCO3)cs1. The third-order valence-electron chi connectivity index (χ3n) is 4.74. The molecule has 2 aromatic heterocycles. The molecular formula is C21H17N3O3S. The molecule has 4 aromatic rings.